The minimum Gasteiger partial charge on any atom is -0.356 e. The zero-order valence-electron chi connectivity index (χ0n) is 15.1. The van der Waals surface area contributed by atoms with Crippen molar-refractivity contribution in [3.63, 3.8) is 0 Å². The molecule has 1 unspecified atom stereocenters. The third-order valence-corrected chi connectivity index (χ3v) is 4.65. The minimum absolute atomic E-state index is 0.0628. The van der Waals surface area contributed by atoms with Crippen molar-refractivity contribution in [3.8, 4) is 11.3 Å². The fourth-order valence-corrected chi connectivity index (χ4v) is 3.29. The number of aromatic nitrogens is 1. The molecule has 1 aliphatic rings. The number of rotatable bonds is 2. The molecule has 2 aromatic rings. The second-order valence-electron chi connectivity index (χ2n) is 7.74. The first-order valence-corrected chi connectivity index (χ1v) is 8.90. The van der Waals surface area contributed by atoms with Crippen LogP contribution in [0.4, 0.5) is 4.39 Å². The summed E-state index contributed by atoms with van der Waals surface area (Å²) in [5, 5.41) is 4.23. The molecule has 3 rings (SSSR count). The molecular formula is C20H25FN2O2. The molecule has 1 aromatic heterocycles. The van der Waals surface area contributed by atoms with Crippen LogP contribution < -0.4 is 0 Å². The Bertz CT molecular complexity index is 731. The summed E-state index contributed by atoms with van der Waals surface area (Å²) >= 11 is 0. The molecule has 1 aromatic carbocycles. The Morgan fingerprint density at radius 3 is 2.60 bits per heavy atom. The van der Waals surface area contributed by atoms with Crippen molar-refractivity contribution in [1.29, 1.82) is 0 Å². The monoisotopic (exact) mass is 344 g/mol. The molecule has 0 saturated carbocycles. The molecule has 2 heterocycles. The number of carbonyl (C=O) groups is 1. The van der Waals surface area contributed by atoms with Gasteiger partial charge in [0.05, 0.1) is 6.04 Å². The van der Waals surface area contributed by atoms with Crippen LogP contribution in [0.5, 0.6) is 0 Å². The third kappa shape index (κ3) is 3.91. The van der Waals surface area contributed by atoms with Gasteiger partial charge >= 0.3 is 0 Å². The molecule has 1 aliphatic heterocycles. The molecule has 1 atom stereocenters. The second kappa shape index (κ2) is 6.98. The smallest absolute Gasteiger partial charge is 0.228 e. The average molecular weight is 344 g/mol. The molecule has 134 valence electrons. The highest BCUT2D eigenvalue weighted by atomic mass is 19.1. The maximum absolute atomic E-state index is 13.1. The number of amides is 1. The molecule has 0 aliphatic carbocycles. The third-order valence-electron chi connectivity index (χ3n) is 4.65. The van der Waals surface area contributed by atoms with Gasteiger partial charge < -0.3 is 9.42 Å². The first kappa shape index (κ1) is 17.6. The van der Waals surface area contributed by atoms with E-state index >= 15 is 0 Å². The predicted molar refractivity (Wildman–Crippen MR) is 94.3 cm³/mol. The van der Waals surface area contributed by atoms with Crippen molar-refractivity contribution in [1.82, 2.24) is 10.1 Å². The molecule has 1 fully saturated rings. The Hall–Kier alpha value is -2.17. The molecule has 0 radical (unpaired) electrons. The van der Waals surface area contributed by atoms with Crippen molar-refractivity contribution in [2.45, 2.75) is 52.5 Å². The van der Waals surface area contributed by atoms with E-state index < -0.39 is 5.41 Å². The van der Waals surface area contributed by atoms with Crippen LogP contribution in [0, 0.1) is 11.2 Å². The fourth-order valence-electron chi connectivity index (χ4n) is 3.29. The van der Waals surface area contributed by atoms with E-state index in [0.717, 1.165) is 43.5 Å². The lowest BCUT2D eigenvalue weighted by atomic mass is 9.93. The summed E-state index contributed by atoms with van der Waals surface area (Å²) < 4.78 is 18.6. The Kier molecular flexibility index (Phi) is 4.93. The summed E-state index contributed by atoms with van der Waals surface area (Å²) in [6.07, 6.45) is 4.09. The fraction of sp³-hybridized carbons (Fsp3) is 0.500. The van der Waals surface area contributed by atoms with Gasteiger partial charge in [0.25, 0.3) is 0 Å². The lowest BCUT2D eigenvalue weighted by molar-refractivity contribution is -0.142. The van der Waals surface area contributed by atoms with Gasteiger partial charge in [-0.15, -0.1) is 0 Å². The van der Waals surface area contributed by atoms with Crippen LogP contribution in [0.25, 0.3) is 11.3 Å². The van der Waals surface area contributed by atoms with Crippen molar-refractivity contribution in [2.24, 2.45) is 5.41 Å². The Labute approximate surface area is 148 Å². The first-order valence-electron chi connectivity index (χ1n) is 8.90. The molecular weight excluding hydrogens is 319 g/mol. The van der Waals surface area contributed by atoms with Crippen LogP contribution in [0.1, 0.15) is 58.2 Å². The summed E-state index contributed by atoms with van der Waals surface area (Å²) in [6, 6.07) is 7.96. The van der Waals surface area contributed by atoms with Gasteiger partial charge in [0, 0.05) is 23.6 Å². The summed E-state index contributed by atoms with van der Waals surface area (Å²) in [5.74, 6) is 0.461. The van der Waals surface area contributed by atoms with Crippen molar-refractivity contribution in [3.05, 3.63) is 41.8 Å². The summed E-state index contributed by atoms with van der Waals surface area (Å²) in [6.45, 7) is 6.59. The van der Waals surface area contributed by atoms with E-state index in [2.05, 4.69) is 5.16 Å². The number of nitrogens with zero attached hydrogens (tertiary/aromatic N) is 2. The zero-order valence-corrected chi connectivity index (χ0v) is 15.1. The molecule has 1 amide bonds. The van der Waals surface area contributed by atoms with Crippen LogP contribution in [-0.2, 0) is 4.79 Å². The van der Waals surface area contributed by atoms with Gasteiger partial charge in [0.1, 0.15) is 11.5 Å². The van der Waals surface area contributed by atoms with Crippen LogP contribution in [0.3, 0.4) is 0 Å². The van der Waals surface area contributed by atoms with Gasteiger partial charge in [-0.2, -0.15) is 0 Å². The lowest BCUT2D eigenvalue weighted by Crippen LogP contribution is -2.41. The van der Waals surface area contributed by atoms with Gasteiger partial charge in [-0.1, -0.05) is 38.8 Å². The number of halogens is 1. The van der Waals surface area contributed by atoms with E-state index in [1.54, 1.807) is 12.1 Å². The second-order valence-corrected chi connectivity index (χ2v) is 7.74. The number of likely N-dealkylation sites (tertiary alicyclic amines) is 1. The first-order chi connectivity index (χ1) is 11.9. The number of carbonyl (C=O) groups excluding carboxylic acids is 1. The molecule has 4 nitrogen and oxygen atoms in total. The van der Waals surface area contributed by atoms with E-state index in [-0.39, 0.29) is 17.8 Å². The summed E-state index contributed by atoms with van der Waals surface area (Å²) in [5.41, 5.74) is 1.13. The van der Waals surface area contributed by atoms with E-state index in [0.29, 0.717) is 5.76 Å². The zero-order chi connectivity index (χ0) is 18.0. The molecule has 1 saturated heterocycles. The van der Waals surface area contributed by atoms with Gasteiger partial charge in [-0.3, -0.25) is 4.79 Å². The molecule has 5 heteroatoms. The van der Waals surface area contributed by atoms with Gasteiger partial charge in [-0.25, -0.2) is 4.39 Å². The number of hydrogen-bond acceptors (Lipinski definition) is 3. The molecule has 25 heavy (non-hydrogen) atoms. The Morgan fingerprint density at radius 2 is 1.92 bits per heavy atom. The van der Waals surface area contributed by atoms with Crippen molar-refractivity contribution < 1.29 is 13.7 Å². The van der Waals surface area contributed by atoms with Crippen molar-refractivity contribution >= 4 is 5.91 Å². The Balaban J connectivity index is 1.89. The highest BCUT2D eigenvalue weighted by molar-refractivity contribution is 5.82. The van der Waals surface area contributed by atoms with Crippen LogP contribution >= 0.6 is 0 Å². The van der Waals surface area contributed by atoms with Gasteiger partial charge in [0.15, 0.2) is 5.76 Å². The van der Waals surface area contributed by atoms with E-state index in [1.165, 1.54) is 12.1 Å². The largest absolute Gasteiger partial charge is 0.356 e. The van der Waals surface area contributed by atoms with Crippen LogP contribution in [0.15, 0.2) is 34.9 Å². The maximum atomic E-state index is 13.1. The SMILES string of the molecule is CC(C)(C)C(=O)N1CCCCCC1c1cc(-c2ccc(F)cc2)on1. The van der Waals surface area contributed by atoms with E-state index in [9.17, 15) is 9.18 Å². The lowest BCUT2D eigenvalue weighted by Gasteiger charge is -2.33. The quantitative estimate of drug-likeness (QED) is 0.772. The molecule has 0 spiro atoms. The van der Waals surface area contributed by atoms with E-state index in [4.69, 9.17) is 4.52 Å². The Morgan fingerprint density at radius 1 is 1.20 bits per heavy atom. The normalized spacial score (nSPS) is 18.9. The highest BCUT2D eigenvalue weighted by Crippen LogP contribution is 2.34. The highest BCUT2D eigenvalue weighted by Gasteiger charge is 2.34. The topological polar surface area (TPSA) is 46.3 Å². The average Bonchev–Trinajstić information content (AvgIpc) is 2.92. The number of benzene rings is 1. The van der Waals surface area contributed by atoms with Crippen LogP contribution in [-0.4, -0.2) is 22.5 Å². The molecule has 0 N–H and O–H groups in total. The summed E-state index contributed by atoms with van der Waals surface area (Å²) in [7, 11) is 0. The van der Waals surface area contributed by atoms with Gasteiger partial charge in [-0.05, 0) is 37.1 Å². The minimum atomic E-state index is -0.424. The number of hydrogen-bond donors (Lipinski definition) is 0. The van der Waals surface area contributed by atoms with Gasteiger partial charge in [0.2, 0.25) is 5.91 Å². The summed E-state index contributed by atoms with van der Waals surface area (Å²) in [4.78, 5) is 14.9. The molecule has 0 bridgehead atoms. The van der Waals surface area contributed by atoms with Crippen molar-refractivity contribution in [2.75, 3.05) is 6.54 Å². The van der Waals surface area contributed by atoms with E-state index in [1.807, 2.05) is 31.7 Å². The predicted octanol–water partition coefficient (Wildman–Crippen LogP) is 4.97. The standard InChI is InChI=1S/C20H25FN2O2/c1-20(2,3)19(24)23-12-6-4-5-7-17(23)16-13-18(25-22-16)14-8-10-15(21)11-9-14/h8-11,13,17H,4-7,12H2,1-3H3. The maximum Gasteiger partial charge on any atom is 0.228 e. The van der Waals surface area contributed by atoms with Crippen LogP contribution in [0.2, 0.25) is 0 Å².